The van der Waals surface area contributed by atoms with E-state index < -0.39 is 25.9 Å². The van der Waals surface area contributed by atoms with Crippen LogP contribution in [0.25, 0.3) is 0 Å². The van der Waals surface area contributed by atoms with Crippen LogP contribution in [0.4, 0.5) is 25.8 Å². The van der Waals surface area contributed by atoms with Gasteiger partial charge in [-0.05, 0) is 63.8 Å². The number of hydrogen-bond donors (Lipinski definition) is 0. The molecular weight excluding hydrogens is 656 g/mol. The molecule has 224 valence electrons. The smallest absolute Gasteiger partial charge is 0.0146 e. The van der Waals surface area contributed by atoms with Gasteiger partial charge in [-0.15, -0.1) is 0 Å². The second kappa shape index (κ2) is 14.6. The fourth-order valence-electron chi connectivity index (χ4n) is 5.24. The number of carbonyl (C=O) groups excluding carboxylic acids is 1. The Morgan fingerprint density at radius 1 is 0.878 bits per heavy atom. The van der Waals surface area contributed by atoms with Gasteiger partial charge >= 0.3 is 116 Å². The molecule has 0 atom stereocenters. The number of halogens is 4. The Kier molecular flexibility index (Phi) is 11.7. The van der Waals surface area contributed by atoms with Crippen LogP contribution in [0.15, 0.2) is 48.5 Å². The van der Waals surface area contributed by atoms with Gasteiger partial charge in [0.2, 0.25) is 0 Å². The van der Waals surface area contributed by atoms with Gasteiger partial charge in [0.1, 0.15) is 0 Å². The molecule has 0 bridgehead atoms. The molecule has 1 aliphatic rings. The number of anilines is 3. The third kappa shape index (κ3) is 8.50. The first-order valence-electron chi connectivity index (χ1n) is 13.0. The summed E-state index contributed by atoms with van der Waals surface area (Å²) in [5.41, 5.74) is 11.2. The van der Waals surface area contributed by atoms with Crippen LogP contribution >= 0.6 is 19.4 Å². The summed E-state index contributed by atoms with van der Waals surface area (Å²) in [6.07, 6.45) is -3.01. The molecule has 0 aromatic heterocycles. The van der Waals surface area contributed by atoms with Crippen LogP contribution in [-0.4, -0.2) is 42.1 Å². The third-order valence-electron chi connectivity index (χ3n) is 6.66. The van der Waals surface area contributed by atoms with E-state index in [9.17, 15) is 13.6 Å². The Morgan fingerprint density at radius 3 is 1.63 bits per heavy atom. The van der Waals surface area contributed by atoms with E-state index in [0.29, 0.717) is 11.4 Å². The molecule has 1 amide bonds. The van der Waals surface area contributed by atoms with E-state index in [1.807, 2.05) is 0 Å². The average Bonchev–Trinajstić information content (AvgIpc) is 3.35. The van der Waals surface area contributed by atoms with Crippen LogP contribution in [0.3, 0.4) is 0 Å². The molecule has 0 unspecified atom stereocenters. The maximum Gasteiger partial charge on any atom is 0.0146 e. The number of methoxy groups -OCH3 is 1. The Hall–Kier alpha value is -2.54. The molecule has 1 N–H and O–H groups in total. The van der Waals surface area contributed by atoms with Crippen molar-refractivity contribution in [1.29, 1.82) is 0 Å². The SMILES string of the molecule is COc1ccc(N([CH]=[Ru]([Cl])[Cl])C(=[OH+])C(F)F)cc1.Cc1cc(C)c(N2[CH-]N(c3c(C)cc(C)cc3C)CC2)c(C)c1. The Bertz CT molecular complexity index is 1300. The summed E-state index contributed by atoms with van der Waals surface area (Å²) >= 11 is -2.36. The second-order valence-electron chi connectivity index (χ2n) is 10.0. The summed E-state index contributed by atoms with van der Waals surface area (Å²) in [4.78, 5) is 15.1. The minimum atomic E-state index is -3.01. The summed E-state index contributed by atoms with van der Waals surface area (Å²) in [5, 5.41) is 0. The van der Waals surface area contributed by atoms with Crippen molar-refractivity contribution in [3.8, 4) is 5.75 Å². The molecule has 41 heavy (non-hydrogen) atoms. The topological polar surface area (TPSA) is 40.4 Å². The quantitative estimate of drug-likeness (QED) is 0.150. The molecule has 1 aliphatic heterocycles. The van der Waals surface area contributed by atoms with E-state index in [1.54, 1.807) is 12.1 Å². The first-order chi connectivity index (χ1) is 19.3. The summed E-state index contributed by atoms with van der Waals surface area (Å²) in [5.74, 6) is -0.540. The molecule has 1 fully saturated rings. The van der Waals surface area contributed by atoms with E-state index in [2.05, 4.69) is 82.3 Å². The Balaban J connectivity index is 0.000000233. The van der Waals surface area contributed by atoms with Gasteiger partial charge in [-0.1, -0.05) is 35.4 Å². The van der Waals surface area contributed by atoms with Crippen molar-refractivity contribution in [3.05, 3.63) is 88.6 Å². The Morgan fingerprint density at radius 2 is 1.29 bits per heavy atom. The molecule has 0 aliphatic carbocycles. The molecule has 10 heteroatoms. The number of nitrogens with zero attached hydrogens (tertiary/aromatic N) is 3. The van der Waals surface area contributed by atoms with Gasteiger partial charge in [-0.3, -0.25) is 0 Å². The monoisotopic (exact) mass is 693 g/mol. The molecule has 1 saturated heterocycles. The molecule has 0 saturated carbocycles. The minimum Gasteiger partial charge on any atom is -0.502 e. The summed E-state index contributed by atoms with van der Waals surface area (Å²) in [6, 6.07) is 15.3. The van der Waals surface area contributed by atoms with Crippen molar-refractivity contribution in [1.82, 2.24) is 0 Å². The zero-order valence-electron chi connectivity index (χ0n) is 24.3. The number of benzene rings is 3. The van der Waals surface area contributed by atoms with Crippen molar-refractivity contribution in [2.75, 3.05) is 34.9 Å². The zero-order valence-corrected chi connectivity index (χ0v) is 27.6. The van der Waals surface area contributed by atoms with E-state index in [4.69, 9.17) is 24.1 Å². The summed E-state index contributed by atoms with van der Waals surface area (Å²) in [6.45, 7) is 17.6. The number of rotatable bonds is 6. The van der Waals surface area contributed by atoms with Crippen molar-refractivity contribution in [3.63, 3.8) is 0 Å². The van der Waals surface area contributed by atoms with Crippen molar-refractivity contribution in [2.24, 2.45) is 0 Å². The number of amides is 1. The fourth-order valence-corrected chi connectivity index (χ4v) is 6.88. The number of alkyl halides is 2. The average molecular weight is 694 g/mol. The van der Waals surface area contributed by atoms with E-state index in [1.165, 1.54) is 68.7 Å². The van der Waals surface area contributed by atoms with Crippen LogP contribution in [0.2, 0.25) is 0 Å². The van der Waals surface area contributed by atoms with Crippen LogP contribution in [0, 0.1) is 48.2 Å². The standard InChI is InChI=1S/C21H27N2.C10H9F2NO2.2ClH.Ru/c1-14-9-16(3)20(17(4)10-14)22-7-8-23(13-22)21-18(5)11-15(2)12-19(21)6;1-13(10(14)9(11)12)7-3-5-8(15-2)6-4-7;;;/h9-13H,7-8H2,1-6H3;1,3-6,9H,2H3;2*1H;/q-1;;;;+2/p-1. The second-order valence-corrected chi connectivity index (χ2v) is 15.7. The maximum atomic E-state index is 12.5. The van der Waals surface area contributed by atoms with Crippen LogP contribution in [0.5, 0.6) is 5.75 Å². The van der Waals surface area contributed by atoms with Gasteiger partial charge in [0.25, 0.3) is 0 Å². The van der Waals surface area contributed by atoms with Gasteiger partial charge < -0.3 is 9.80 Å². The predicted octanol–water partition coefficient (Wildman–Crippen LogP) is 7.94. The van der Waals surface area contributed by atoms with Gasteiger partial charge in [0, 0.05) is 24.5 Å². The molecule has 5 nitrogen and oxygen atoms in total. The molecule has 3 aromatic rings. The Labute approximate surface area is 255 Å². The number of hydrogen-bond acceptors (Lipinski definition) is 3. The predicted molar refractivity (Wildman–Crippen MR) is 166 cm³/mol. The molecule has 1 heterocycles. The number of aryl methyl sites for hydroxylation is 6. The van der Waals surface area contributed by atoms with E-state index >= 15 is 0 Å². The van der Waals surface area contributed by atoms with Crippen molar-refractivity contribution >= 4 is 47.1 Å². The van der Waals surface area contributed by atoms with Gasteiger partial charge in [-0.2, -0.15) is 6.67 Å². The number of ether oxygens (including phenoxy) is 1. The van der Waals surface area contributed by atoms with Crippen LogP contribution in [0.1, 0.15) is 33.4 Å². The molecule has 0 spiro atoms. The fraction of sp³-hybridized carbons (Fsp3) is 0.323. The van der Waals surface area contributed by atoms with Gasteiger partial charge in [0.15, 0.2) is 0 Å². The van der Waals surface area contributed by atoms with Gasteiger partial charge in [-0.25, -0.2) is 0 Å². The van der Waals surface area contributed by atoms with Crippen molar-refractivity contribution < 1.29 is 31.8 Å². The van der Waals surface area contributed by atoms with Crippen molar-refractivity contribution in [2.45, 2.75) is 48.0 Å². The maximum absolute atomic E-state index is 12.5. The third-order valence-corrected chi connectivity index (χ3v) is 8.26. The van der Waals surface area contributed by atoms with Crippen LogP contribution < -0.4 is 19.4 Å². The molecule has 3 aromatic carbocycles. The first kappa shape index (κ1) is 33.0. The zero-order chi connectivity index (χ0) is 30.4. The van der Waals surface area contributed by atoms with E-state index in [-0.39, 0.29) is 0 Å². The minimum absolute atomic E-state index is 0.327. The summed E-state index contributed by atoms with van der Waals surface area (Å²) < 4.78 is 31.2. The van der Waals surface area contributed by atoms with E-state index in [0.717, 1.165) is 18.0 Å². The van der Waals surface area contributed by atoms with Crippen LogP contribution in [-0.2, 0) is 13.5 Å². The van der Waals surface area contributed by atoms with Gasteiger partial charge in [0.05, 0.1) is 0 Å². The molecule has 4 rings (SSSR count). The molecule has 0 radical (unpaired) electrons. The molecular formula is C31H37Cl2F2N3O2Ru. The summed E-state index contributed by atoms with van der Waals surface area (Å²) in [7, 11) is 12.8. The first-order valence-corrected chi connectivity index (χ1v) is 18.4. The largest absolute Gasteiger partial charge is 0.502 e. The normalized spacial score (nSPS) is 13.1.